The van der Waals surface area contributed by atoms with Gasteiger partial charge in [0.05, 0.1) is 83.2 Å². The van der Waals surface area contributed by atoms with Gasteiger partial charge in [0.15, 0.2) is 0 Å². The second kappa shape index (κ2) is 27.6. The molecule has 7 aliphatic carbocycles. The van der Waals surface area contributed by atoms with Gasteiger partial charge in [0.25, 0.3) is 0 Å². The molecule has 7 rings (SSSR count). The molecule has 0 heterocycles. The predicted octanol–water partition coefficient (Wildman–Crippen LogP) is 2.13. The summed E-state index contributed by atoms with van der Waals surface area (Å²) in [5.41, 5.74) is 0. The lowest BCUT2D eigenvalue weighted by Gasteiger charge is -2.39. The van der Waals surface area contributed by atoms with Gasteiger partial charge in [-0.2, -0.15) is 0 Å². The molecule has 7 aliphatic rings. The Balaban J connectivity index is 0.860. The summed E-state index contributed by atoms with van der Waals surface area (Å²) in [6.45, 7) is 2.12. The van der Waals surface area contributed by atoms with Crippen LogP contribution < -0.4 is 31.9 Å². The monoisotopic (exact) mass is 1140 g/mol. The molecule has 0 aliphatic heterocycles. The highest BCUT2D eigenvalue weighted by molar-refractivity contribution is 5.93. The number of aliphatic carboxylic acids is 6. The van der Waals surface area contributed by atoms with E-state index in [4.69, 9.17) is 4.74 Å². The zero-order chi connectivity index (χ0) is 59.0. The van der Waals surface area contributed by atoms with E-state index in [1.807, 2.05) is 0 Å². The smallest absolute Gasteiger partial charge is 0.307 e. The SMILES string of the molecule is CNC(=O)C1CC(C(=O)NC2CCC(OC3CCC(NC(=O)C4CC(C(=O)NC5CCC(NC(=O)C6CC(C(=O)NC7CCC(C)CC7)C(C(=O)O)CC6C(=O)O)CC5)C(C(=O)O)CC4C(=O)O)CC3)CC2)C(C(=O)O)CC1C(=O)O. The van der Waals surface area contributed by atoms with Gasteiger partial charge in [-0.15, -0.1) is 0 Å². The Morgan fingerprint density at radius 3 is 0.679 bits per heavy atom. The molecule has 0 bridgehead atoms. The van der Waals surface area contributed by atoms with Gasteiger partial charge < -0.3 is 67.3 Å². The van der Waals surface area contributed by atoms with E-state index in [1.54, 1.807) is 0 Å². The molecule has 25 heteroatoms. The molecule has 81 heavy (non-hydrogen) atoms. The van der Waals surface area contributed by atoms with E-state index in [9.17, 15) is 88.2 Å². The van der Waals surface area contributed by atoms with Crippen LogP contribution in [0.4, 0.5) is 0 Å². The van der Waals surface area contributed by atoms with Gasteiger partial charge in [0.1, 0.15) is 0 Å². The van der Waals surface area contributed by atoms with Crippen LogP contribution in [0.15, 0.2) is 0 Å². The van der Waals surface area contributed by atoms with Crippen molar-refractivity contribution in [3.05, 3.63) is 0 Å². The van der Waals surface area contributed by atoms with Crippen molar-refractivity contribution >= 4 is 71.3 Å². The Morgan fingerprint density at radius 2 is 0.469 bits per heavy atom. The van der Waals surface area contributed by atoms with E-state index in [0.29, 0.717) is 83.0 Å². The Kier molecular flexibility index (Phi) is 21.2. The molecule has 0 aromatic rings. The fourth-order valence-electron chi connectivity index (χ4n) is 14.5. The van der Waals surface area contributed by atoms with Crippen LogP contribution in [0.3, 0.4) is 0 Å². The minimum Gasteiger partial charge on any atom is -0.481 e. The van der Waals surface area contributed by atoms with E-state index in [1.165, 1.54) is 7.05 Å². The molecule has 450 valence electrons. The van der Waals surface area contributed by atoms with Crippen molar-refractivity contribution < 1.29 is 92.9 Å². The molecule has 7 fully saturated rings. The van der Waals surface area contributed by atoms with Gasteiger partial charge in [-0.3, -0.25) is 57.5 Å². The van der Waals surface area contributed by atoms with Crippen molar-refractivity contribution in [1.82, 2.24) is 31.9 Å². The molecule has 0 aromatic carbocycles. The number of carbonyl (C=O) groups is 12. The quantitative estimate of drug-likeness (QED) is 0.0881. The van der Waals surface area contributed by atoms with Crippen LogP contribution in [0.25, 0.3) is 0 Å². The lowest BCUT2D eigenvalue weighted by Crippen LogP contribution is -2.54. The van der Waals surface area contributed by atoms with Crippen molar-refractivity contribution in [3.63, 3.8) is 0 Å². The van der Waals surface area contributed by atoms with E-state index < -0.39 is 161 Å². The van der Waals surface area contributed by atoms with Crippen LogP contribution in [-0.2, 0) is 62.3 Å². The van der Waals surface area contributed by atoms with Crippen molar-refractivity contribution in [3.8, 4) is 0 Å². The number of carboxylic acid groups (broad SMARTS) is 6. The average molecular weight is 1140 g/mol. The highest BCUT2D eigenvalue weighted by Gasteiger charge is 2.53. The summed E-state index contributed by atoms with van der Waals surface area (Å²) in [5, 5.41) is 77.4. The first-order valence-corrected chi connectivity index (χ1v) is 29.2. The molecule has 12 N–H and O–H groups in total. The van der Waals surface area contributed by atoms with Crippen molar-refractivity contribution in [2.75, 3.05) is 7.05 Å². The molecule has 12 atom stereocenters. The van der Waals surface area contributed by atoms with Crippen LogP contribution in [0.5, 0.6) is 0 Å². The molecule has 0 aromatic heterocycles. The minimum atomic E-state index is -1.39. The third-order valence-electron chi connectivity index (χ3n) is 19.3. The average Bonchev–Trinajstić information content (AvgIpc) is 3.44. The number of ether oxygens (including phenoxy) is 1. The normalized spacial score (nSPS) is 37.1. The van der Waals surface area contributed by atoms with Crippen LogP contribution in [0.2, 0.25) is 0 Å². The van der Waals surface area contributed by atoms with Crippen molar-refractivity contribution in [2.24, 2.45) is 76.9 Å². The molecular formula is C56H82N6O19. The first kappa shape index (κ1) is 62.2. The lowest BCUT2D eigenvalue weighted by molar-refractivity contribution is -0.160. The number of amides is 6. The number of hydrogen-bond donors (Lipinski definition) is 12. The van der Waals surface area contributed by atoms with Gasteiger partial charge in [-0.1, -0.05) is 6.92 Å². The number of hydrogen-bond acceptors (Lipinski definition) is 13. The van der Waals surface area contributed by atoms with Gasteiger partial charge in [-0.05, 0) is 147 Å². The Hall–Kier alpha value is -6.40. The molecule has 0 radical (unpaired) electrons. The van der Waals surface area contributed by atoms with Gasteiger partial charge >= 0.3 is 35.8 Å². The third-order valence-corrected chi connectivity index (χ3v) is 19.3. The second-order valence-corrected chi connectivity index (χ2v) is 24.5. The van der Waals surface area contributed by atoms with E-state index in [0.717, 1.165) is 25.7 Å². The van der Waals surface area contributed by atoms with Crippen LogP contribution in [0.1, 0.15) is 148 Å². The Labute approximate surface area is 469 Å². The fourth-order valence-corrected chi connectivity index (χ4v) is 14.5. The highest BCUT2D eigenvalue weighted by Crippen LogP contribution is 2.43. The maximum Gasteiger partial charge on any atom is 0.307 e. The molecule has 12 unspecified atom stereocenters. The minimum absolute atomic E-state index is 0.133. The van der Waals surface area contributed by atoms with Crippen molar-refractivity contribution in [1.29, 1.82) is 0 Å². The molecule has 6 amide bonds. The predicted molar refractivity (Wildman–Crippen MR) is 281 cm³/mol. The fraction of sp³-hybridized carbons (Fsp3) is 0.786. The summed E-state index contributed by atoms with van der Waals surface area (Å²) in [5.74, 6) is -25.6. The molecule has 7 saturated carbocycles. The standard InChI is InChI=1S/C56H82N6O19/c1-25-3-5-26(6-4-25)58-47(65)35-20-36(42(54(75)76)23-41(35)53(73)74)48(66)59-27-7-9-28(10-8-27)60-49(67)37-21-38(44(56(79)80)24-43(37)55(77)78)50(68)62-30-13-17-32(18-14-30)81-31-15-11-29(12-16-31)61-46(64)34-19-33(45(63)57-2)39(51(69)70)22-40(34)52(71)72/h25-44H,3-24H2,1-2H3,(H,57,63)(H,58,65)(H,59,66)(H,60,67)(H,61,64)(H,62,68)(H,69,70)(H,71,72)(H,73,74)(H,75,76)(H,77,78)(H,79,80). The zero-order valence-corrected chi connectivity index (χ0v) is 46.1. The Morgan fingerprint density at radius 1 is 0.284 bits per heavy atom. The van der Waals surface area contributed by atoms with Crippen LogP contribution >= 0.6 is 0 Å². The molecule has 25 nitrogen and oxygen atoms in total. The van der Waals surface area contributed by atoms with Gasteiger partial charge in [-0.25, -0.2) is 0 Å². The van der Waals surface area contributed by atoms with Crippen LogP contribution in [0, 0.1) is 76.9 Å². The number of carbonyl (C=O) groups excluding carboxylic acids is 6. The van der Waals surface area contributed by atoms with E-state index in [-0.39, 0.29) is 62.4 Å². The number of nitrogens with one attached hydrogen (secondary N) is 6. The first-order chi connectivity index (χ1) is 38.4. The second-order valence-electron chi connectivity index (χ2n) is 24.5. The van der Waals surface area contributed by atoms with Gasteiger partial charge in [0.2, 0.25) is 35.4 Å². The summed E-state index contributed by atoms with van der Waals surface area (Å²) >= 11 is 0. The summed E-state index contributed by atoms with van der Waals surface area (Å²) in [6.07, 6.45) is 6.85. The summed E-state index contributed by atoms with van der Waals surface area (Å²) in [6, 6.07) is -1.66. The maximum absolute atomic E-state index is 14.0. The molecule has 0 saturated heterocycles. The maximum atomic E-state index is 14.0. The summed E-state index contributed by atoms with van der Waals surface area (Å²) in [4.78, 5) is 155. The first-order valence-electron chi connectivity index (χ1n) is 29.2. The zero-order valence-electron chi connectivity index (χ0n) is 46.1. The van der Waals surface area contributed by atoms with Crippen molar-refractivity contribution in [2.45, 2.75) is 191 Å². The topological polar surface area (TPSA) is 408 Å². The third kappa shape index (κ3) is 15.6. The summed E-state index contributed by atoms with van der Waals surface area (Å²) < 4.78 is 6.45. The molecule has 0 spiro atoms. The highest BCUT2D eigenvalue weighted by atomic mass is 16.5. The Bertz CT molecular complexity index is 2370. The van der Waals surface area contributed by atoms with E-state index >= 15 is 0 Å². The van der Waals surface area contributed by atoms with E-state index in [2.05, 4.69) is 38.8 Å². The lowest BCUT2D eigenvalue weighted by atomic mass is 9.67. The van der Waals surface area contributed by atoms with Crippen LogP contribution in [-0.4, -0.2) is 151 Å². The summed E-state index contributed by atoms with van der Waals surface area (Å²) in [7, 11) is 1.35. The number of rotatable bonds is 19. The number of carboxylic acids is 6. The van der Waals surface area contributed by atoms with Gasteiger partial charge in [0, 0.05) is 37.3 Å². The largest absolute Gasteiger partial charge is 0.481 e. The molecular weight excluding hydrogens is 1060 g/mol.